The monoisotopic (exact) mass is 252 g/mol. The van der Waals surface area contributed by atoms with Crippen molar-refractivity contribution in [2.45, 2.75) is 0 Å². The number of halogens is 1. The van der Waals surface area contributed by atoms with Gasteiger partial charge in [0, 0.05) is 16.2 Å². The van der Waals surface area contributed by atoms with Crippen LogP contribution < -0.4 is 0 Å². The first kappa shape index (κ1) is 9.98. The molecule has 0 fully saturated rings. The molecule has 1 aromatic heterocycles. The van der Waals surface area contributed by atoms with Gasteiger partial charge in [0.1, 0.15) is 5.58 Å². The molecule has 0 amide bonds. The molecule has 4 rings (SSSR count). The molecular weight excluding hydrogens is 244 g/mol. The van der Waals surface area contributed by atoms with Gasteiger partial charge < -0.3 is 4.42 Å². The zero-order valence-electron chi connectivity index (χ0n) is 9.48. The lowest BCUT2D eigenvalue weighted by Crippen LogP contribution is -1.75. The highest BCUT2D eigenvalue weighted by molar-refractivity contribution is 6.41. The van der Waals surface area contributed by atoms with E-state index in [1.54, 1.807) is 0 Å². The van der Waals surface area contributed by atoms with Crippen LogP contribution in [-0.4, -0.2) is 0 Å². The zero-order valence-corrected chi connectivity index (χ0v) is 10.2. The number of rotatable bonds is 0. The van der Waals surface area contributed by atoms with Crippen LogP contribution in [0.2, 0.25) is 5.02 Å². The molecule has 86 valence electrons. The Morgan fingerprint density at radius 1 is 0.778 bits per heavy atom. The van der Waals surface area contributed by atoms with E-state index in [0.717, 1.165) is 32.7 Å². The van der Waals surface area contributed by atoms with E-state index in [4.69, 9.17) is 16.0 Å². The van der Waals surface area contributed by atoms with Crippen LogP contribution in [0.3, 0.4) is 0 Å². The molecule has 1 heterocycles. The molecule has 2 heteroatoms. The van der Waals surface area contributed by atoms with E-state index in [0.29, 0.717) is 5.02 Å². The van der Waals surface area contributed by atoms with E-state index >= 15 is 0 Å². The van der Waals surface area contributed by atoms with E-state index in [-0.39, 0.29) is 0 Å². The number of benzene rings is 3. The van der Waals surface area contributed by atoms with Gasteiger partial charge in [-0.15, -0.1) is 0 Å². The molecular formula is C16H9ClO. The van der Waals surface area contributed by atoms with Gasteiger partial charge in [-0.1, -0.05) is 54.1 Å². The van der Waals surface area contributed by atoms with Gasteiger partial charge in [0.05, 0.1) is 5.02 Å². The number of furan rings is 1. The van der Waals surface area contributed by atoms with Crippen molar-refractivity contribution in [2.75, 3.05) is 0 Å². The second-order valence-corrected chi connectivity index (χ2v) is 4.76. The molecule has 1 nitrogen and oxygen atoms in total. The third kappa shape index (κ3) is 1.22. The third-order valence-electron chi connectivity index (χ3n) is 3.33. The second-order valence-electron chi connectivity index (χ2n) is 4.39. The predicted molar refractivity (Wildman–Crippen MR) is 76.2 cm³/mol. The fraction of sp³-hybridized carbons (Fsp3) is 0. The maximum absolute atomic E-state index is 6.45. The van der Waals surface area contributed by atoms with Crippen molar-refractivity contribution in [2.24, 2.45) is 0 Å². The Labute approximate surface area is 109 Å². The summed E-state index contributed by atoms with van der Waals surface area (Å²) in [6.45, 7) is 0. The SMILES string of the molecule is Clc1c2ccccc2cc2c1oc1ccccc12. The molecule has 0 saturated carbocycles. The minimum Gasteiger partial charge on any atom is -0.454 e. The maximum atomic E-state index is 6.45. The van der Waals surface area contributed by atoms with Crippen LogP contribution in [0.15, 0.2) is 59.0 Å². The van der Waals surface area contributed by atoms with Crippen molar-refractivity contribution in [1.29, 1.82) is 0 Å². The zero-order chi connectivity index (χ0) is 12.1. The summed E-state index contributed by atoms with van der Waals surface area (Å²) in [5.41, 5.74) is 1.65. The molecule has 0 saturated heterocycles. The van der Waals surface area contributed by atoms with E-state index in [9.17, 15) is 0 Å². The molecule has 0 unspecified atom stereocenters. The lowest BCUT2D eigenvalue weighted by molar-refractivity contribution is 0.669. The van der Waals surface area contributed by atoms with Crippen LogP contribution in [0.25, 0.3) is 32.7 Å². The summed E-state index contributed by atoms with van der Waals surface area (Å²) in [6.07, 6.45) is 0. The molecule has 0 aliphatic carbocycles. The Morgan fingerprint density at radius 3 is 2.39 bits per heavy atom. The van der Waals surface area contributed by atoms with Gasteiger partial charge in [0.25, 0.3) is 0 Å². The molecule has 0 N–H and O–H groups in total. The smallest absolute Gasteiger partial charge is 0.154 e. The first-order valence-electron chi connectivity index (χ1n) is 5.83. The largest absolute Gasteiger partial charge is 0.454 e. The highest BCUT2D eigenvalue weighted by atomic mass is 35.5. The summed E-state index contributed by atoms with van der Waals surface area (Å²) in [5.74, 6) is 0. The number of para-hydroxylation sites is 1. The standard InChI is InChI=1S/C16H9ClO/c17-15-11-6-2-1-5-10(11)9-13-12-7-3-4-8-14(12)18-16(13)15/h1-9H. The molecule has 4 aromatic rings. The first-order chi connectivity index (χ1) is 8.84. The van der Waals surface area contributed by atoms with Crippen LogP contribution >= 0.6 is 11.6 Å². The normalized spacial score (nSPS) is 11.6. The van der Waals surface area contributed by atoms with Crippen molar-refractivity contribution in [3.63, 3.8) is 0 Å². The van der Waals surface area contributed by atoms with Crippen LogP contribution in [0.5, 0.6) is 0 Å². The first-order valence-corrected chi connectivity index (χ1v) is 6.21. The van der Waals surface area contributed by atoms with Crippen molar-refractivity contribution < 1.29 is 4.42 Å². The molecule has 18 heavy (non-hydrogen) atoms. The number of hydrogen-bond acceptors (Lipinski definition) is 1. The molecule has 0 aliphatic rings. The average molecular weight is 253 g/mol. The summed E-state index contributed by atoms with van der Waals surface area (Å²) in [6, 6.07) is 18.3. The average Bonchev–Trinajstić information content (AvgIpc) is 2.79. The molecule has 0 aliphatic heterocycles. The van der Waals surface area contributed by atoms with Crippen molar-refractivity contribution >= 4 is 44.3 Å². The fourth-order valence-corrected chi connectivity index (χ4v) is 2.78. The van der Waals surface area contributed by atoms with Gasteiger partial charge in [0.2, 0.25) is 0 Å². The summed E-state index contributed by atoms with van der Waals surface area (Å²) >= 11 is 6.45. The Bertz CT molecular complexity index is 889. The molecule has 0 spiro atoms. The second kappa shape index (κ2) is 3.50. The Balaban J connectivity index is 2.33. The quantitative estimate of drug-likeness (QED) is 0.409. The lowest BCUT2D eigenvalue weighted by Gasteiger charge is -2.00. The van der Waals surface area contributed by atoms with E-state index < -0.39 is 0 Å². The lowest BCUT2D eigenvalue weighted by atomic mass is 10.1. The molecule has 0 atom stereocenters. The fourth-order valence-electron chi connectivity index (χ4n) is 2.47. The Kier molecular flexibility index (Phi) is 1.94. The number of fused-ring (bicyclic) bond motifs is 4. The van der Waals surface area contributed by atoms with Gasteiger partial charge in [-0.3, -0.25) is 0 Å². The van der Waals surface area contributed by atoms with Gasteiger partial charge >= 0.3 is 0 Å². The minimum atomic E-state index is 0.694. The molecule has 0 bridgehead atoms. The topological polar surface area (TPSA) is 13.1 Å². The van der Waals surface area contributed by atoms with Gasteiger partial charge in [0.15, 0.2) is 5.58 Å². The summed E-state index contributed by atoms with van der Waals surface area (Å²) in [7, 11) is 0. The van der Waals surface area contributed by atoms with Crippen LogP contribution in [0.4, 0.5) is 0 Å². The highest BCUT2D eigenvalue weighted by Gasteiger charge is 2.12. The van der Waals surface area contributed by atoms with E-state index in [1.807, 2.05) is 36.4 Å². The van der Waals surface area contributed by atoms with Crippen LogP contribution in [0.1, 0.15) is 0 Å². The van der Waals surface area contributed by atoms with Crippen molar-refractivity contribution in [3.8, 4) is 0 Å². The minimum absolute atomic E-state index is 0.694. The Morgan fingerprint density at radius 2 is 1.50 bits per heavy atom. The van der Waals surface area contributed by atoms with Gasteiger partial charge in [-0.25, -0.2) is 0 Å². The van der Waals surface area contributed by atoms with Gasteiger partial charge in [-0.2, -0.15) is 0 Å². The third-order valence-corrected chi connectivity index (χ3v) is 3.71. The number of hydrogen-bond donors (Lipinski definition) is 0. The highest BCUT2D eigenvalue weighted by Crippen LogP contribution is 2.37. The molecule has 3 aromatic carbocycles. The van der Waals surface area contributed by atoms with Crippen molar-refractivity contribution in [3.05, 3.63) is 59.6 Å². The summed E-state index contributed by atoms with van der Waals surface area (Å²) in [5, 5.41) is 5.06. The Hall–Kier alpha value is -1.99. The van der Waals surface area contributed by atoms with Crippen molar-refractivity contribution in [1.82, 2.24) is 0 Å². The van der Waals surface area contributed by atoms with Gasteiger partial charge in [-0.05, 0) is 17.5 Å². The predicted octanol–water partition coefficient (Wildman–Crippen LogP) is 5.39. The van der Waals surface area contributed by atoms with Crippen LogP contribution in [-0.2, 0) is 0 Å². The van der Waals surface area contributed by atoms with Crippen LogP contribution in [0, 0.1) is 0 Å². The maximum Gasteiger partial charge on any atom is 0.154 e. The summed E-state index contributed by atoms with van der Waals surface area (Å²) < 4.78 is 5.86. The summed E-state index contributed by atoms with van der Waals surface area (Å²) in [4.78, 5) is 0. The molecule has 0 radical (unpaired) electrons. The van der Waals surface area contributed by atoms with E-state index in [1.165, 1.54) is 0 Å². The van der Waals surface area contributed by atoms with E-state index in [2.05, 4.69) is 18.2 Å².